The zero-order valence-electron chi connectivity index (χ0n) is 7.56. The van der Waals surface area contributed by atoms with Gasteiger partial charge in [-0.05, 0) is 6.42 Å². The van der Waals surface area contributed by atoms with Crippen LogP contribution in [0.15, 0.2) is 12.3 Å². The van der Waals surface area contributed by atoms with Gasteiger partial charge in [0, 0.05) is 25.9 Å². The van der Waals surface area contributed by atoms with Gasteiger partial charge >= 0.3 is 5.97 Å². The van der Waals surface area contributed by atoms with Gasteiger partial charge in [0.1, 0.15) is 0 Å². The molecule has 0 bridgehead atoms. The van der Waals surface area contributed by atoms with Gasteiger partial charge in [0.15, 0.2) is 0 Å². The number of aliphatic hydroxyl groups excluding tert-OH is 1. The van der Waals surface area contributed by atoms with Crippen molar-refractivity contribution in [2.45, 2.75) is 12.5 Å². The number of methoxy groups -OCH3 is 1. The number of carbonyl (C=O) groups is 1. The van der Waals surface area contributed by atoms with Crippen LogP contribution in [0.4, 0.5) is 0 Å². The van der Waals surface area contributed by atoms with Gasteiger partial charge in [0.05, 0.1) is 12.7 Å². The highest BCUT2D eigenvalue weighted by Gasteiger charge is 2.00. The van der Waals surface area contributed by atoms with Gasteiger partial charge in [0.25, 0.3) is 0 Å². The molecule has 13 heavy (non-hydrogen) atoms. The van der Waals surface area contributed by atoms with E-state index in [1.807, 2.05) is 0 Å². The number of carboxylic acids is 1. The minimum atomic E-state index is -0.995. The van der Waals surface area contributed by atoms with Crippen molar-refractivity contribution in [3.8, 4) is 0 Å². The Bertz CT molecular complexity index is 170. The Balaban J connectivity index is 3.29. The largest absolute Gasteiger partial charge is 0.478 e. The Morgan fingerprint density at radius 3 is 2.92 bits per heavy atom. The van der Waals surface area contributed by atoms with Gasteiger partial charge in [-0.25, -0.2) is 4.79 Å². The number of rotatable bonds is 7. The third kappa shape index (κ3) is 8.84. The molecule has 0 spiro atoms. The zero-order valence-corrected chi connectivity index (χ0v) is 7.56. The fraction of sp³-hybridized carbons (Fsp3) is 0.625. The minimum absolute atomic E-state index is 0.296. The Kier molecular flexibility index (Phi) is 6.95. The predicted molar refractivity (Wildman–Crippen MR) is 47.3 cm³/mol. The summed E-state index contributed by atoms with van der Waals surface area (Å²) in [5, 5.41) is 20.1. The molecule has 0 radical (unpaired) electrons. The van der Waals surface area contributed by atoms with E-state index in [2.05, 4.69) is 5.32 Å². The molecule has 5 nitrogen and oxygen atoms in total. The van der Waals surface area contributed by atoms with E-state index in [-0.39, 0.29) is 0 Å². The molecule has 5 heteroatoms. The first-order chi connectivity index (χ1) is 6.16. The molecule has 3 N–H and O–H groups in total. The molecule has 0 aliphatic heterocycles. The van der Waals surface area contributed by atoms with Crippen LogP contribution < -0.4 is 5.32 Å². The molecule has 0 heterocycles. The summed E-state index contributed by atoms with van der Waals surface area (Å²) in [7, 11) is 1.51. The highest BCUT2D eigenvalue weighted by molar-refractivity contribution is 5.79. The zero-order chi connectivity index (χ0) is 10.1. The van der Waals surface area contributed by atoms with E-state index in [1.54, 1.807) is 0 Å². The normalized spacial score (nSPS) is 13.1. The second-order valence-electron chi connectivity index (χ2n) is 2.52. The van der Waals surface area contributed by atoms with Crippen molar-refractivity contribution in [2.24, 2.45) is 0 Å². The number of nitrogens with one attached hydrogen (secondary N) is 1. The van der Waals surface area contributed by atoms with E-state index in [9.17, 15) is 4.79 Å². The molecule has 1 unspecified atom stereocenters. The van der Waals surface area contributed by atoms with Crippen molar-refractivity contribution in [1.29, 1.82) is 0 Å². The number of aliphatic hydroxyl groups is 1. The lowest BCUT2D eigenvalue weighted by atomic mass is 10.3. The molecule has 0 aliphatic carbocycles. The monoisotopic (exact) mass is 189 g/mol. The molecule has 0 aromatic carbocycles. The molecule has 0 aromatic heterocycles. The van der Waals surface area contributed by atoms with Crippen LogP contribution in [0.3, 0.4) is 0 Å². The molecule has 0 saturated heterocycles. The summed E-state index contributed by atoms with van der Waals surface area (Å²) in [6.07, 6.45) is 2.36. The van der Waals surface area contributed by atoms with Crippen molar-refractivity contribution in [3.05, 3.63) is 12.3 Å². The first kappa shape index (κ1) is 11.9. The van der Waals surface area contributed by atoms with Gasteiger partial charge in [-0.3, -0.25) is 0 Å². The second-order valence-corrected chi connectivity index (χ2v) is 2.52. The Morgan fingerprint density at radius 1 is 1.69 bits per heavy atom. The van der Waals surface area contributed by atoms with Crippen LogP contribution in [-0.2, 0) is 9.53 Å². The Hall–Kier alpha value is -1.07. The van der Waals surface area contributed by atoms with Crippen LogP contribution in [0, 0.1) is 0 Å². The molecule has 76 valence electrons. The van der Waals surface area contributed by atoms with Gasteiger partial charge in [-0.2, -0.15) is 0 Å². The SMILES string of the molecule is COCC(O)CCN/C=C/C(=O)O. The van der Waals surface area contributed by atoms with Crippen LogP contribution in [0.2, 0.25) is 0 Å². The molecule has 1 atom stereocenters. The van der Waals surface area contributed by atoms with Crippen LogP contribution in [0.5, 0.6) is 0 Å². The quantitative estimate of drug-likeness (QED) is 0.374. The lowest BCUT2D eigenvalue weighted by molar-refractivity contribution is -0.131. The first-order valence-corrected chi connectivity index (χ1v) is 3.96. The number of hydrogen-bond acceptors (Lipinski definition) is 4. The van der Waals surface area contributed by atoms with Crippen molar-refractivity contribution < 1.29 is 19.7 Å². The topological polar surface area (TPSA) is 78.8 Å². The first-order valence-electron chi connectivity index (χ1n) is 3.96. The average Bonchev–Trinajstić information content (AvgIpc) is 2.03. The summed E-state index contributed by atoms with van der Waals surface area (Å²) in [5.74, 6) is -0.995. The van der Waals surface area contributed by atoms with E-state index >= 15 is 0 Å². The Labute approximate surface area is 77.0 Å². The Morgan fingerprint density at radius 2 is 2.38 bits per heavy atom. The molecular formula is C8H15NO4. The third-order valence-electron chi connectivity index (χ3n) is 1.32. The third-order valence-corrected chi connectivity index (χ3v) is 1.32. The lowest BCUT2D eigenvalue weighted by Crippen LogP contribution is -2.20. The van der Waals surface area contributed by atoms with Gasteiger partial charge in [-0.1, -0.05) is 0 Å². The fourth-order valence-electron chi connectivity index (χ4n) is 0.739. The second kappa shape index (κ2) is 7.57. The average molecular weight is 189 g/mol. The van der Waals surface area contributed by atoms with Crippen molar-refractivity contribution >= 4 is 5.97 Å². The molecule has 0 rings (SSSR count). The maximum Gasteiger partial charge on any atom is 0.329 e. The summed E-state index contributed by atoms with van der Waals surface area (Å²) in [4.78, 5) is 10.0. The minimum Gasteiger partial charge on any atom is -0.478 e. The summed E-state index contributed by atoms with van der Waals surface area (Å²) in [6, 6.07) is 0. The van der Waals surface area contributed by atoms with Crippen LogP contribution in [-0.4, -0.2) is 42.5 Å². The molecule has 0 aromatic rings. The molecule has 0 amide bonds. The smallest absolute Gasteiger partial charge is 0.329 e. The van der Waals surface area contributed by atoms with E-state index in [0.717, 1.165) is 6.08 Å². The highest BCUT2D eigenvalue weighted by atomic mass is 16.5. The summed E-state index contributed by atoms with van der Waals surface area (Å²) >= 11 is 0. The lowest BCUT2D eigenvalue weighted by Gasteiger charge is -2.08. The summed E-state index contributed by atoms with van der Waals surface area (Å²) < 4.78 is 4.71. The number of hydrogen-bond donors (Lipinski definition) is 3. The van der Waals surface area contributed by atoms with Crippen molar-refractivity contribution in [2.75, 3.05) is 20.3 Å². The maximum atomic E-state index is 10.0. The molecule has 0 saturated carbocycles. The number of aliphatic carboxylic acids is 1. The van der Waals surface area contributed by atoms with Crippen molar-refractivity contribution in [1.82, 2.24) is 5.32 Å². The maximum absolute atomic E-state index is 10.0. The van der Waals surface area contributed by atoms with Gasteiger partial charge in [0.2, 0.25) is 0 Å². The number of ether oxygens (including phenoxy) is 1. The highest BCUT2D eigenvalue weighted by Crippen LogP contribution is 1.89. The summed E-state index contributed by atoms with van der Waals surface area (Å²) in [6.45, 7) is 0.818. The predicted octanol–water partition coefficient (Wildman–Crippen LogP) is -0.428. The molecule has 0 aliphatic rings. The van der Waals surface area contributed by atoms with Crippen molar-refractivity contribution in [3.63, 3.8) is 0 Å². The summed E-state index contributed by atoms with van der Waals surface area (Å²) in [5.41, 5.74) is 0. The molecular weight excluding hydrogens is 174 g/mol. The van der Waals surface area contributed by atoms with Crippen LogP contribution in [0.25, 0.3) is 0 Å². The van der Waals surface area contributed by atoms with E-state index < -0.39 is 12.1 Å². The van der Waals surface area contributed by atoms with Crippen LogP contribution >= 0.6 is 0 Å². The number of carboxylic acid groups (broad SMARTS) is 1. The van der Waals surface area contributed by atoms with Crippen LogP contribution in [0.1, 0.15) is 6.42 Å². The van der Waals surface area contributed by atoms with Gasteiger partial charge in [-0.15, -0.1) is 0 Å². The van der Waals surface area contributed by atoms with E-state index in [4.69, 9.17) is 14.9 Å². The van der Waals surface area contributed by atoms with E-state index in [1.165, 1.54) is 13.3 Å². The fourth-order valence-corrected chi connectivity index (χ4v) is 0.739. The molecule has 0 fully saturated rings. The van der Waals surface area contributed by atoms with Gasteiger partial charge < -0.3 is 20.3 Å². The van der Waals surface area contributed by atoms with E-state index in [0.29, 0.717) is 19.6 Å². The standard InChI is InChI=1S/C8H15NO4/c1-13-6-7(10)2-4-9-5-3-8(11)12/h3,5,7,9-10H,2,4,6H2,1H3,(H,11,12)/b5-3+.